The van der Waals surface area contributed by atoms with Crippen LogP contribution in [0.4, 0.5) is 0 Å². The fraction of sp³-hybridized carbons (Fsp3) is 0.875. The van der Waals surface area contributed by atoms with Crippen LogP contribution in [-0.2, 0) is 4.79 Å². The first-order valence-electron chi connectivity index (χ1n) is 4.10. The number of likely N-dealkylation sites (tertiary alicyclic amines) is 1. The topological polar surface area (TPSA) is 60.8 Å². The second-order valence-corrected chi connectivity index (χ2v) is 2.95. The summed E-state index contributed by atoms with van der Waals surface area (Å²) in [5.41, 5.74) is 0. The largest absolute Gasteiger partial charge is 0.394 e. The lowest BCUT2D eigenvalue weighted by molar-refractivity contribution is -0.126. The number of aliphatic hydroxyl groups is 2. The van der Waals surface area contributed by atoms with Crippen LogP contribution in [0.1, 0.15) is 19.8 Å². The van der Waals surface area contributed by atoms with Gasteiger partial charge < -0.3 is 15.1 Å². The molecule has 1 atom stereocenters. The van der Waals surface area contributed by atoms with Gasteiger partial charge in [0.15, 0.2) is 0 Å². The van der Waals surface area contributed by atoms with Crippen molar-refractivity contribution in [1.82, 2.24) is 4.90 Å². The molecule has 4 heteroatoms. The number of carbonyl (C=O) groups is 1. The smallest absolute Gasteiger partial charge is 0.222 e. The Labute approximate surface area is 72.8 Å². The van der Waals surface area contributed by atoms with Crippen molar-refractivity contribution in [1.29, 1.82) is 0 Å². The summed E-state index contributed by atoms with van der Waals surface area (Å²) in [5, 5.41) is 16.0. The highest BCUT2D eigenvalue weighted by molar-refractivity contribution is 5.77. The van der Waals surface area contributed by atoms with Gasteiger partial charge in [-0.3, -0.25) is 4.79 Å². The van der Waals surface area contributed by atoms with Crippen LogP contribution in [0, 0.1) is 0 Å². The van der Waals surface area contributed by atoms with E-state index in [0.29, 0.717) is 5.91 Å². The number of aliphatic hydroxyl groups excluding tert-OH is 2. The summed E-state index contributed by atoms with van der Waals surface area (Å²) in [5.74, 6) is 0.292. The molecule has 0 aliphatic carbocycles. The Bertz CT molecular complexity index is 136. The van der Waals surface area contributed by atoms with Crippen LogP contribution >= 0.6 is 0 Å². The minimum absolute atomic E-state index is 0.139. The van der Waals surface area contributed by atoms with Gasteiger partial charge in [0.25, 0.3) is 0 Å². The van der Waals surface area contributed by atoms with Crippen LogP contribution in [0.3, 0.4) is 0 Å². The van der Waals surface area contributed by atoms with E-state index < -0.39 is 6.10 Å². The van der Waals surface area contributed by atoms with Crippen molar-refractivity contribution in [3.63, 3.8) is 0 Å². The molecule has 1 aliphatic rings. The molecule has 0 radical (unpaired) electrons. The van der Waals surface area contributed by atoms with Crippen molar-refractivity contribution < 1.29 is 15.0 Å². The first-order chi connectivity index (χ1) is 5.57. The summed E-state index contributed by atoms with van der Waals surface area (Å²) in [6.45, 7) is 2.35. The molecule has 1 fully saturated rings. The monoisotopic (exact) mass is 175 g/mol. The lowest BCUT2D eigenvalue weighted by Gasteiger charge is -2.03. The van der Waals surface area contributed by atoms with Crippen molar-refractivity contribution in [2.45, 2.75) is 25.9 Å². The molecule has 1 aliphatic heterocycles. The molecule has 0 aromatic heterocycles. The number of carbonyl (C=O) groups excluding carboxylic acids is 1. The Balaban J connectivity index is 0.000000217. The van der Waals surface area contributed by atoms with Gasteiger partial charge in [0.2, 0.25) is 5.91 Å². The molecule has 0 aromatic rings. The first kappa shape index (κ1) is 11.4. The van der Waals surface area contributed by atoms with Gasteiger partial charge in [-0.1, -0.05) is 0 Å². The zero-order valence-corrected chi connectivity index (χ0v) is 7.66. The molecular weight excluding hydrogens is 158 g/mol. The fourth-order valence-corrected chi connectivity index (χ4v) is 0.783. The van der Waals surface area contributed by atoms with Gasteiger partial charge in [0.1, 0.15) is 0 Å². The predicted molar refractivity (Wildman–Crippen MR) is 45.6 cm³/mol. The number of hydrogen-bond donors (Lipinski definition) is 2. The average Bonchev–Trinajstić information content (AvgIpc) is 2.37. The van der Waals surface area contributed by atoms with E-state index in [2.05, 4.69) is 0 Å². The predicted octanol–water partition coefficient (Wildman–Crippen LogP) is -0.402. The Morgan fingerprint density at radius 1 is 1.67 bits per heavy atom. The molecule has 1 saturated heterocycles. The normalized spacial score (nSPS) is 18.7. The van der Waals surface area contributed by atoms with E-state index in [-0.39, 0.29) is 6.61 Å². The zero-order chi connectivity index (χ0) is 9.56. The van der Waals surface area contributed by atoms with Gasteiger partial charge >= 0.3 is 0 Å². The van der Waals surface area contributed by atoms with Crippen molar-refractivity contribution in [3.8, 4) is 0 Å². The molecule has 1 rings (SSSR count). The molecule has 1 heterocycles. The first-order valence-corrected chi connectivity index (χ1v) is 4.10. The number of amides is 1. The lowest BCUT2D eigenvalue weighted by atomic mass is 10.4. The fourth-order valence-electron chi connectivity index (χ4n) is 0.783. The molecule has 1 unspecified atom stereocenters. The Morgan fingerprint density at radius 2 is 2.17 bits per heavy atom. The summed E-state index contributed by atoms with van der Waals surface area (Å²) in [6.07, 6.45) is 1.25. The maximum Gasteiger partial charge on any atom is 0.222 e. The van der Waals surface area contributed by atoms with Crippen molar-refractivity contribution >= 4 is 5.91 Å². The minimum atomic E-state index is -0.560. The van der Waals surface area contributed by atoms with E-state index in [9.17, 15) is 4.79 Å². The Morgan fingerprint density at radius 3 is 2.25 bits per heavy atom. The van der Waals surface area contributed by atoms with E-state index in [1.165, 1.54) is 6.92 Å². The van der Waals surface area contributed by atoms with Gasteiger partial charge in [-0.15, -0.1) is 0 Å². The molecule has 0 spiro atoms. The van der Waals surface area contributed by atoms with Gasteiger partial charge in [0, 0.05) is 20.0 Å². The van der Waals surface area contributed by atoms with Crippen LogP contribution in [0.25, 0.3) is 0 Å². The van der Waals surface area contributed by atoms with Gasteiger partial charge in [-0.25, -0.2) is 0 Å². The molecular formula is C8H17NO3. The molecule has 72 valence electrons. The maximum atomic E-state index is 10.5. The molecule has 0 saturated carbocycles. The van der Waals surface area contributed by atoms with E-state index in [1.807, 2.05) is 7.05 Å². The van der Waals surface area contributed by atoms with Gasteiger partial charge in [-0.2, -0.15) is 0 Å². The quantitative estimate of drug-likeness (QED) is 0.570. The third-order valence-electron chi connectivity index (χ3n) is 1.57. The van der Waals surface area contributed by atoms with Crippen molar-refractivity contribution in [3.05, 3.63) is 0 Å². The average molecular weight is 175 g/mol. The van der Waals surface area contributed by atoms with Crippen LogP contribution in [0.5, 0.6) is 0 Å². The second-order valence-electron chi connectivity index (χ2n) is 2.95. The molecule has 4 nitrogen and oxygen atoms in total. The second kappa shape index (κ2) is 5.97. The Kier molecular flexibility index (Phi) is 5.66. The van der Waals surface area contributed by atoms with Crippen molar-refractivity contribution in [2.24, 2.45) is 0 Å². The van der Waals surface area contributed by atoms with Crippen LogP contribution < -0.4 is 0 Å². The summed E-state index contributed by atoms with van der Waals surface area (Å²) in [4.78, 5) is 12.3. The molecule has 1 amide bonds. The highest BCUT2D eigenvalue weighted by Crippen LogP contribution is 2.04. The van der Waals surface area contributed by atoms with E-state index in [4.69, 9.17) is 10.2 Å². The zero-order valence-electron chi connectivity index (χ0n) is 7.66. The van der Waals surface area contributed by atoms with E-state index in [0.717, 1.165) is 19.4 Å². The minimum Gasteiger partial charge on any atom is -0.394 e. The van der Waals surface area contributed by atoms with Crippen LogP contribution in [0.15, 0.2) is 0 Å². The number of hydrogen-bond acceptors (Lipinski definition) is 3. The van der Waals surface area contributed by atoms with E-state index in [1.54, 1.807) is 4.90 Å². The van der Waals surface area contributed by atoms with Gasteiger partial charge in [-0.05, 0) is 13.3 Å². The van der Waals surface area contributed by atoms with Gasteiger partial charge in [0.05, 0.1) is 12.7 Å². The summed E-state index contributed by atoms with van der Waals surface area (Å²) in [7, 11) is 1.84. The molecule has 0 bridgehead atoms. The third-order valence-corrected chi connectivity index (χ3v) is 1.57. The SMILES string of the molecule is CC(O)CO.CN1CCCC1=O. The third kappa shape index (κ3) is 5.09. The molecule has 2 N–H and O–H groups in total. The van der Waals surface area contributed by atoms with Crippen molar-refractivity contribution in [2.75, 3.05) is 20.2 Å². The van der Waals surface area contributed by atoms with E-state index >= 15 is 0 Å². The number of nitrogens with zero attached hydrogens (tertiary/aromatic N) is 1. The maximum absolute atomic E-state index is 10.5. The standard InChI is InChI=1S/C5H9NO.C3H8O2/c1-6-4-2-3-5(6)7;1-3(5)2-4/h2-4H2,1H3;3-5H,2H2,1H3. The molecule has 12 heavy (non-hydrogen) atoms. The highest BCUT2D eigenvalue weighted by atomic mass is 16.3. The summed E-state index contributed by atoms with van der Waals surface area (Å²) in [6, 6.07) is 0. The summed E-state index contributed by atoms with van der Waals surface area (Å²) >= 11 is 0. The van der Waals surface area contributed by atoms with Crippen LogP contribution in [-0.4, -0.2) is 47.3 Å². The number of rotatable bonds is 1. The highest BCUT2D eigenvalue weighted by Gasteiger charge is 2.14. The Hall–Kier alpha value is -0.610. The lowest BCUT2D eigenvalue weighted by Crippen LogP contribution is -2.17. The molecule has 0 aromatic carbocycles. The summed E-state index contributed by atoms with van der Waals surface area (Å²) < 4.78 is 0. The van der Waals surface area contributed by atoms with Crippen LogP contribution in [0.2, 0.25) is 0 Å².